The Morgan fingerprint density at radius 2 is 2.00 bits per heavy atom. The molecular weight excluding hydrogens is 380 g/mol. The van der Waals surface area contributed by atoms with E-state index in [-0.39, 0.29) is 11.9 Å². The lowest BCUT2D eigenvalue weighted by Crippen LogP contribution is -2.36. The van der Waals surface area contributed by atoms with Crippen LogP contribution in [0.3, 0.4) is 0 Å². The van der Waals surface area contributed by atoms with Gasteiger partial charge in [-0.05, 0) is 65.0 Å². The van der Waals surface area contributed by atoms with Crippen LogP contribution in [0.4, 0.5) is 0 Å². The van der Waals surface area contributed by atoms with Crippen LogP contribution in [0.25, 0.3) is 0 Å². The summed E-state index contributed by atoms with van der Waals surface area (Å²) in [5.41, 5.74) is 3.63. The summed E-state index contributed by atoms with van der Waals surface area (Å²) in [5, 5.41) is 6.21. The van der Waals surface area contributed by atoms with Gasteiger partial charge in [-0.25, -0.2) is 0 Å². The molecule has 0 unspecified atom stereocenters. The Morgan fingerprint density at radius 1 is 1.24 bits per heavy atom. The van der Waals surface area contributed by atoms with Gasteiger partial charge >= 0.3 is 0 Å². The molecule has 25 heavy (non-hydrogen) atoms. The molecule has 2 aromatic rings. The van der Waals surface area contributed by atoms with E-state index < -0.39 is 0 Å². The maximum absolute atomic E-state index is 12.0. The highest BCUT2D eigenvalue weighted by atomic mass is 79.9. The summed E-state index contributed by atoms with van der Waals surface area (Å²) < 4.78 is 6.14. The molecule has 0 aliphatic carbocycles. The molecule has 0 heterocycles. The quantitative estimate of drug-likeness (QED) is 0.703. The zero-order valence-electron chi connectivity index (χ0n) is 14.9. The van der Waals surface area contributed by atoms with Crippen LogP contribution < -0.4 is 15.4 Å². The first-order chi connectivity index (χ1) is 12.0. The van der Waals surface area contributed by atoms with Crippen LogP contribution in [0.5, 0.6) is 5.75 Å². The highest BCUT2D eigenvalue weighted by molar-refractivity contribution is 9.10. The Bertz CT molecular complexity index is 719. The maximum atomic E-state index is 12.0. The van der Waals surface area contributed by atoms with Gasteiger partial charge in [0.2, 0.25) is 5.91 Å². The molecule has 1 atom stereocenters. The first-order valence-corrected chi connectivity index (χ1v) is 9.18. The number of nitrogens with one attached hydrogen (secondary N) is 2. The molecule has 0 fully saturated rings. The van der Waals surface area contributed by atoms with Crippen molar-refractivity contribution in [3.8, 4) is 5.75 Å². The third-order valence-electron chi connectivity index (χ3n) is 4.22. The summed E-state index contributed by atoms with van der Waals surface area (Å²) in [4.78, 5) is 12.0. The second-order valence-electron chi connectivity index (χ2n) is 6.02. The molecule has 0 saturated carbocycles. The van der Waals surface area contributed by atoms with E-state index >= 15 is 0 Å². The van der Waals surface area contributed by atoms with Crippen molar-refractivity contribution in [3.05, 3.63) is 63.6 Å². The van der Waals surface area contributed by atoms with Gasteiger partial charge < -0.3 is 15.4 Å². The fourth-order valence-corrected chi connectivity index (χ4v) is 3.16. The summed E-state index contributed by atoms with van der Waals surface area (Å²) >= 11 is 3.49. The van der Waals surface area contributed by atoms with Crippen molar-refractivity contribution >= 4 is 21.8 Å². The van der Waals surface area contributed by atoms with E-state index in [0.29, 0.717) is 13.1 Å². The summed E-state index contributed by atoms with van der Waals surface area (Å²) in [7, 11) is 1.64. The minimum atomic E-state index is 0.00742. The SMILES string of the molecule is COc1ccc([C@H](C)NCC(=O)NCCc2ccccc2C)cc1Br. The highest BCUT2D eigenvalue weighted by Gasteiger charge is 2.10. The van der Waals surface area contributed by atoms with E-state index in [1.54, 1.807) is 7.11 Å². The van der Waals surface area contributed by atoms with Gasteiger partial charge in [0.05, 0.1) is 18.1 Å². The minimum absolute atomic E-state index is 0.00742. The topological polar surface area (TPSA) is 50.4 Å². The van der Waals surface area contributed by atoms with E-state index in [0.717, 1.165) is 22.2 Å². The standard InChI is InChI=1S/C20H25BrN2O2/c1-14-6-4-5-7-16(14)10-11-22-20(24)13-23-15(2)17-8-9-19(25-3)18(21)12-17/h4-9,12,15,23H,10-11,13H2,1-3H3,(H,22,24)/t15-/m0/s1. The van der Waals surface area contributed by atoms with Crippen molar-refractivity contribution in [2.45, 2.75) is 26.3 Å². The van der Waals surface area contributed by atoms with Crippen molar-refractivity contribution in [3.63, 3.8) is 0 Å². The predicted octanol–water partition coefficient (Wildman–Crippen LogP) is 3.78. The second kappa shape index (κ2) is 9.59. The van der Waals surface area contributed by atoms with Gasteiger partial charge in [0.1, 0.15) is 5.75 Å². The van der Waals surface area contributed by atoms with Crippen LogP contribution in [0.2, 0.25) is 0 Å². The van der Waals surface area contributed by atoms with Crippen LogP contribution in [-0.4, -0.2) is 26.1 Å². The van der Waals surface area contributed by atoms with Crippen LogP contribution in [-0.2, 0) is 11.2 Å². The van der Waals surface area contributed by atoms with E-state index in [9.17, 15) is 4.79 Å². The number of hydrogen-bond acceptors (Lipinski definition) is 3. The fourth-order valence-electron chi connectivity index (χ4n) is 2.61. The Kier molecular flexibility index (Phi) is 7.47. The van der Waals surface area contributed by atoms with Crippen LogP contribution >= 0.6 is 15.9 Å². The van der Waals surface area contributed by atoms with Crippen LogP contribution in [0, 0.1) is 6.92 Å². The molecule has 0 radical (unpaired) electrons. The summed E-state index contributed by atoms with van der Waals surface area (Å²) in [6, 6.07) is 14.2. The number of amides is 1. The largest absolute Gasteiger partial charge is 0.496 e. The molecule has 134 valence electrons. The first kappa shape index (κ1) is 19.5. The van der Waals surface area contributed by atoms with Crippen molar-refractivity contribution in [1.82, 2.24) is 10.6 Å². The molecule has 5 heteroatoms. The molecular formula is C20H25BrN2O2. The normalized spacial score (nSPS) is 11.8. The maximum Gasteiger partial charge on any atom is 0.233 e. The average molecular weight is 405 g/mol. The number of carbonyl (C=O) groups excluding carboxylic acids is 1. The van der Waals surface area contributed by atoms with E-state index in [1.807, 2.05) is 37.3 Å². The van der Waals surface area contributed by atoms with Gasteiger partial charge in [-0.1, -0.05) is 30.3 Å². The van der Waals surface area contributed by atoms with Crippen LogP contribution in [0.15, 0.2) is 46.9 Å². The second-order valence-corrected chi connectivity index (χ2v) is 6.88. The first-order valence-electron chi connectivity index (χ1n) is 8.39. The molecule has 0 bridgehead atoms. The van der Waals surface area contributed by atoms with Gasteiger partial charge in [-0.3, -0.25) is 4.79 Å². The fraction of sp³-hybridized carbons (Fsp3) is 0.350. The number of carbonyl (C=O) groups is 1. The zero-order valence-corrected chi connectivity index (χ0v) is 16.5. The molecule has 2 rings (SSSR count). The Morgan fingerprint density at radius 3 is 2.68 bits per heavy atom. The number of ether oxygens (including phenoxy) is 1. The predicted molar refractivity (Wildman–Crippen MR) is 105 cm³/mol. The Balaban J connectivity index is 1.75. The van der Waals surface area contributed by atoms with Gasteiger partial charge in [-0.15, -0.1) is 0 Å². The lowest BCUT2D eigenvalue weighted by atomic mass is 10.1. The number of benzene rings is 2. The van der Waals surface area contributed by atoms with Gasteiger partial charge in [0.25, 0.3) is 0 Å². The number of aryl methyl sites for hydroxylation is 1. The van der Waals surface area contributed by atoms with Crippen molar-refractivity contribution in [2.75, 3.05) is 20.2 Å². The third kappa shape index (κ3) is 5.87. The molecule has 0 spiro atoms. The summed E-state index contributed by atoms with van der Waals surface area (Å²) in [6.07, 6.45) is 0.847. The minimum Gasteiger partial charge on any atom is -0.496 e. The number of hydrogen-bond donors (Lipinski definition) is 2. The summed E-state index contributed by atoms with van der Waals surface area (Å²) in [5.74, 6) is 0.804. The molecule has 4 nitrogen and oxygen atoms in total. The lowest BCUT2D eigenvalue weighted by molar-refractivity contribution is -0.120. The van der Waals surface area contributed by atoms with Crippen LogP contribution in [0.1, 0.15) is 29.7 Å². The molecule has 0 aliphatic heterocycles. The molecule has 2 aromatic carbocycles. The van der Waals surface area contributed by atoms with E-state index in [1.165, 1.54) is 11.1 Å². The van der Waals surface area contributed by atoms with Gasteiger partial charge in [-0.2, -0.15) is 0 Å². The molecule has 0 aromatic heterocycles. The Hall–Kier alpha value is -1.85. The highest BCUT2D eigenvalue weighted by Crippen LogP contribution is 2.27. The Labute approximate surface area is 158 Å². The number of rotatable bonds is 8. The van der Waals surface area contributed by atoms with Gasteiger partial charge in [0, 0.05) is 12.6 Å². The van der Waals surface area contributed by atoms with Crippen molar-refractivity contribution in [1.29, 1.82) is 0 Å². The van der Waals surface area contributed by atoms with Crippen molar-refractivity contribution < 1.29 is 9.53 Å². The monoisotopic (exact) mass is 404 g/mol. The molecule has 2 N–H and O–H groups in total. The lowest BCUT2D eigenvalue weighted by Gasteiger charge is -2.15. The average Bonchev–Trinajstić information content (AvgIpc) is 2.61. The smallest absolute Gasteiger partial charge is 0.233 e. The number of halogens is 1. The number of methoxy groups -OCH3 is 1. The van der Waals surface area contributed by atoms with Crippen molar-refractivity contribution in [2.24, 2.45) is 0 Å². The van der Waals surface area contributed by atoms with E-state index in [4.69, 9.17) is 4.74 Å². The molecule has 0 saturated heterocycles. The third-order valence-corrected chi connectivity index (χ3v) is 4.84. The van der Waals surface area contributed by atoms with Gasteiger partial charge in [0.15, 0.2) is 0 Å². The molecule has 0 aliphatic rings. The molecule has 1 amide bonds. The van der Waals surface area contributed by atoms with E-state index in [2.05, 4.69) is 45.6 Å². The summed E-state index contributed by atoms with van der Waals surface area (Å²) in [6.45, 7) is 5.06. The zero-order chi connectivity index (χ0) is 18.2.